The lowest BCUT2D eigenvalue weighted by Crippen LogP contribution is -2.40. The Labute approximate surface area is 143 Å². The molecule has 1 aliphatic rings. The molecular formula is C18H27N3O3. The van der Waals surface area contributed by atoms with Crippen molar-refractivity contribution in [2.75, 3.05) is 26.8 Å². The van der Waals surface area contributed by atoms with E-state index in [1.165, 1.54) is 5.56 Å². The third-order valence-corrected chi connectivity index (χ3v) is 4.33. The second-order valence-electron chi connectivity index (χ2n) is 6.32. The Bertz CT molecular complexity index is 562. The summed E-state index contributed by atoms with van der Waals surface area (Å²) in [5.74, 6) is -0.253. The fraction of sp³-hybridized carbons (Fsp3) is 0.556. The van der Waals surface area contributed by atoms with E-state index >= 15 is 0 Å². The first-order chi connectivity index (χ1) is 11.6. The number of nitrogens with two attached hydrogens (primary N) is 1. The summed E-state index contributed by atoms with van der Waals surface area (Å²) in [7, 11) is 1.58. The Balaban J connectivity index is 1.86. The van der Waals surface area contributed by atoms with Crippen LogP contribution in [0.4, 0.5) is 0 Å². The number of likely N-dealkylation sites (tertiary alicyclic amines) is 1. The van der Waals surface area contributed by atoms with Crippen LogP contribution in [0.5, 0.6) is 0 Å². The van der Waals surface area contributed by atoms with Gasteiger partial charge in [-0.25, -0.2) is 0 Å². The lowest BCUT2D eigenvalue weighted by atomic mass is 9.97. The monoisotopic (exact) mass is 333 g/mol. The number of carbonyl (C=O) groups excluding carboxylic acids is 2. The van der Waals surface area contributed by atoms with Gasteiger partial charge in [0.2, 0.25) is 11.8 Å². The Morgan fingerprint density at radius 3 is 2.92 bits per heavy atom. The van der Waals surface area contributed by atoms with Gasteiger partial charge in [0.15, 0.2) is 0 Å². The Morgan fingerprint density at radius 1 is 1.38 bits per heavy atom. The summed E-state index contributed by atoms with van der Waals surface area (Å²) in [6, 6.07) is 8.18. The molecule has 3 N–H and O–H groups in total. The first-order valence-electron chi connectivity index (χ1n) is 8.43. The number of rotatable bonds is 8. The highest BCUT2D eigenvalue weighted by atomic mass is 16.5. The highest BCUT2D eigenvalue weighted by Crippen LogP contribution is 2.18. The number of carbonyl (C=O) groups is 2. The van der Waals surface area contributed by atoms with E-state index in [1.54, 1.807) is 7.11 Å². The van der Waals surface area contributed by atoms with Gasteiger partial charge in [0, 0.05) is 33.2 Å². The fourth-order valence-corrected chi connectivity index (χ4v) is 3.01. The highest BCUT2D eigenvalue weighted by Gasteiger charge is 2.23. The van der Waals surface area contributed by atoms with Crippen molar-refractivity contribution in [3.63, 3.8) is 0 Å². The van der Waals surface area contributed by atoms with E-state index < -0.39 is 0 Å². The Hall–Kier alpha value is -1.92. The molecule has 0 saturated carbocycles. The minimum Gasteiger partial charge on any atom is -0.384 e. The molecule has 6 heteroatoms. The van der Waals surface area contributed by atoms with Crippen molar-refractivity contribution < 1.29 is 14.3 Å². The molecule has 6 nitrogen and oxygen atoms in total. The van der Waals surface area contributed by atoms with Crippen LogP contribution in [0.1, 0.15) is 30.4 Å². The van der Waals surface area contributed by atoms with Gasteiger partial charge in [-0.05, 0) is 30.5 Å². The topological polar surface area (TPSA) is 84.7 Å². The van der Waals surface area contributed by atoms with Crippen LogP contribution in [0, 0.1) is 5.92 Å². The van der Waals surface area contributed by atoms with Crippen LogP contribution in [0.15, 0.2) is 24.3 Å². The number of primary amides is 1. The van der Waals surface area contributed by atoms with Gasteiger partial charge >= 0.3 is 0 Å². The summed E-state index contributed by atoms with van der Waals surface area (Å²) < 4.78 is 4.89. The molecule has 0 radical (unpaired) electrons. The molecule has 1 saturated heterocycles. The largest absolute Gasteiger partial charge is 0.384 e. The quantitative estimate of drug-likeness (QED) is 0.744. The fourth-order valence-electron chi connectivity index (χ4n) is 3.01. The molecule has 24 heavy (non-hydrogen) atoms. The average molecular weight is 333 g/mol. The van der Waals surface area contributed by atoms with Crippen LogP contribution in [0.2, 0.25) is 0 Å². The van der Waals surface area contributed by atoms with Crippen LogP contribution in [-0.2, 0) is 27.4 Å². The first kappa shape index (κ1) is 18.4. The zero-order chi connectivity index (χ0) is 17.4. The van der Waals surface area contributed by atoms with Gasteiger partial charge < -0.3 is 15.8 Å². The third kappa shape index (κ3) is 5.94. The molecule has 0 aromatic heterocycles. The molecule has 1 fully saturated rings. The summed E-state index contributed by atoms with van der Waals surface area (Å²) in [6.45, 7) is 3.46. The number of hydrogen-bond donors (Lipinski definition) is 2. The van der Waals surface area contributed by atoms with Crippen molar-refractivity contribution in [3.05, 3.63) is 35.4 Å². The van der Waals surface area contributed by atoms with E-state index in [0.717, 1.165) is 38.0 Å². The summed E-state index contributed by atoms with van der Waals surface area (Å²) in [4.78, 5) is 25.3. The highest BCUT2D eigenvalue weighted by molar-refractivity contribution is 5.77. The van der Waals surface area contributed by atoms with Crippen LogP contribution in [0.3, 0.4) is 0 Å². The van der Waals surface area contributed by atoms with E-state index in [4.69, 9.17) is 10.5 Å². The van der Waals surface area contributed by atoms with E-state index in [-0.39, 0.29) is 17.7 Å². The summed E-state index contributed by atoms with van der Waals surface area (Å²) in [5, 5.41) is 2.89. The second-order valence-corrected chi connectivity index (χ2v) is 6.32. The molecule has 1 aromatic rings. The van der Waals surface area contributed by atoms with E-state index in [2.05, 4.69) is 22.3 Å². The van der Waals surface area contributed by atoms with Gasteiger partial charge in [-0.15, -0.1) is 0 Å². The van der Waals surface area contributed by atoms with Gasteiger partial charge in [0.25, 0.3) is 0 Å². The van der Waals surface area contributed by atoms with Gasteiger partial charge in [0.1, 0.15) is 0 Å². The number of ether oxygens (including phenoxy) is 1. The molecule has 2 amide bonds. The zero-order valence-corrected chi connectivity index (χ0v) is 14.3. The van der Waals surface area contributed by atoms with Gasteiger partial charge in [-0.2, -0.15) is 0 Å². The van der Waals surface area contributed by atoms with Crippen LogP contribution in [-0.4, -0.2) is 43.5 Å². The molecule has 0 spiro atoms. The van der Waals surface area contributed by atoms with Gasteiger partial charge in [-0.3, -0.25) is 14.5 Å². The predicted molar refractivity (Wildman–Crippen MR) is 92.0 cm³/mol. The van der Waals surface area contributed by atoms with Gasteiger partial charge in [0.05, 0.1) is 12.5 Å². The van der Waals surface area contributed by atoms with Crippen molar-refractivity contribution in [2.45, 2.75) is 32.4 Å². The van der Waals surface area contributed by atoms with E-state index in [0.29, 0.717) is 19.6 Å². The molecule has 0 aliphatic carbocycles. The van der Waals surface area contributed by atoms with E-state index in [1.807, 2.05) is 12.1 Å². The number of piperidine rings is 1. The number of nitrogens with one attached hydrogen (secondary N) is 1. The van der Waals surface area contributed by atoms with Crippen LogP contribution < -0.4 is 11.1 Å². The molecule has 132 valence electrons. The minimum absolute atomic E-state index is 0.0115. The Morgan fingerprint density at radius 2 is 2.17 bits per heavy atom. The minimum atomic E-state index is -0.202. The molecule has 2 rings (SSSR count). The zero-order valence-electron chi connectivity index (χ0n) is 14.3. The normalized spacial score (nSPS) is 18.3. The maximum absolute atomic E-state index is 11.6. The van der Waals surface area contributed by atoms with Crippen molar-refractivity contribution in [2.24, 2.45) is 11.7 Å². The molecule has 0 bridgehead atoms. The standard InChI is InChI=1S/C18H27N3O3/c1-24-9-7-17(22)20-11-14-4-2-5-15(10-14)12-21-8-3-6-16(13-21)18(19)23/h2,4-5,10,16H,3,6-9,11-13H2,1H3,(H2,19,23)(H,20,22). The average Bonchev–Trinajstić information content (AvgIpc) is 2.58. The molecule has 1 unspecified atom stereocenters. The Kier molecular flexibility index (Phi) is 7.21. The maximum Gasteiger partial charge on any atom is 0.222 e. The van der Waals surface area contributed by atoms with Gasteiger partial charge in [-0.1, -0.05) is 24.3 Å². The number of hydrogen-bond acceptors (Lipinski definition) is 4. The second kappa shape index (κ2) is 9.39. The van der Waals surface area contributed by atoms with Crippen molar-refractivity contribution in [3.8, 4) is 0 Å². The maximum atomic E-state index is 11.6. The van der Waals surface area contributed by atoms with E-state index in [9.17, 15) is 9.59 Å². The number of benzene rings is 1. The molecule has 1 aliphatic heterocycles. The lowest BCUT2D eigenvalue weighted by Gasteiger charge is -2.31. The van der Waals surface area contributed by atoms with Crippen molar-refractivity contribution in [1.82, 2.24) is 10.2 Å². The summed E-state index contributed by atoms with van der Waals surface area (Å²) in [5.41, 5.74) is 7.69. The molecule has 1 heterocycles. The SMILES string of the molecule is COCCC(=O)NCc1cccc(CN2CCCC(C(N)=O)C2)c1. The molecule has 1 aromatic carbocycles. The number of amides is 2. The summed E-state index contributed by atoms with van der Waals surface area (Å²) in [6.07, 6.45) is 2.26. The summed E-state index contributed by atoms with van der Waals surface area (Å²) >= 11 is 0. The first-order valence-corrected chi connectivity index (χ1v) is 8.43. The lowest BCUT2D eigenvalue weighted by molar-refractivity contribution is -0.123. The van der Waals surface area contributed by atoms with Crippen molar-refractivity contribution in [1.29, 1.82) is 0 Å². The van der Waals surface area contributed by atoms with Crippen LogP contribution >= 0.6 is 0 Å². The third-order valence-electron chi connectivity index (χ3n) is 4.33. The smallest absolute Gasteiger partial charge is 0.222 e. The number of nitrogens with zero attached hydrogens (tertiary/aromatic N) is 1. The molecule has 1 atom stereocenters. The van der Waals surface area contributed by atoms with Crippen molar-refractivity contribution >= 4 is 11.8 Å². The molecular weight excluding hydrogens is 306 g/mol. The number of methoxy groups -OCH3 is 1. The van der Waals surface area contributed by atoms with Crippen LogP contribution in [0.25, 0.3) is 0 Å². The predicted octanol–water partition coefficient (Wildman–Crippen LogP) is 1.04.